The first kappa shape index (κ1) is 28.0. The number of nitrogens with zero attached hydrogens (tertiary/aromatic N) is 2. The van der Waals surface area contributed by atoms with Crippen molar-refractivity contribution in [1.29, 1.82) is 0 Å². The Kier molecular flexibility index (Phi) is 6.58. The highest BCUT2D eigenvalue weighted by molar-refractivity contribution is 8.45. The number of carbonyl (C=O) groups is 3. The number of methoxy groups -OCH3 is 1. The highest BCUT2D eigenvalue weighted by Crippen LogP contribution is 3.02. The zero-order valence-corrected chi connectivity index (χ0v) is 21.0. The number of hydrogen-bond donors (Lipinski definition) is 0. The topological polar surface area (TPSA) is 85.4 Å². The summed E-state index contributed by atoms with van der Waals surface area (Å²) in [6, 6.07) is 0.0937. The van der Waals surface area contributed by atoms with Crippen molar-refractivity contribution in [2.75, 3.05) is 31.7 Å². The lowest BCUT2D eigenvalue weighted by atomic mass is 9.84. The average Bonchev–Trinajstić information content (AvgIpc) is 3.53. The number of esters is 1. The van der Waals surface area contributed by atoms with Crippen LogP contribution in [0.2, 0.25) is 0 Å². The molecule has 2 aliphatic rings. The molecule has 3 rings (SSSR count). The average molecular weight is 545 g/mol. The monoisotopic (exact) mass is 544 g/mol. The maximum atomic E-state index is 13.1. The lowest BCUT2D eigenvalue weighted by Gasteiger charge is -2.53. The quantitative estimate of drug-likeness (QED) is 0.239. The van der Waals surface area contributed by atoms with E-state index in [1.165, 1.54) is 4.90 Å². The molecule has 1 unspecified atom stereocenters. The van der Waals surface area contributed by atoms with Gasteiger partial charge in [-0.15, -0.1) is 0 Å². The van der Waals surface area contributed by atoms with E-state index in [2.05, 4.69) is 0 Å². The van der Waals surface area contributed by atoms with Gasteiger partial charge in [0.1, 0.15) is 16.1 Å². The SMILES string of the molecule is COC(=O)C(N(C=O)c1ccc(S(F)(F)(F)(F)F)cc1)C1(OCC2CC2)CN(C(=O)OC(C)(C)C)C1. The molecule has 0 N–H and O–H groups in total. The maximum absolute atomic E-state index is 13.1. The molecule has 1 saturated heterocycles. The Morgan fingerprint density at radius 3 is 2.11 bits per heavy atom. The molecule has 1 aromatic carbocycles. The van der Waals surface area contributed by atoms with Gasteiger partial charge >= 0.3 is 22.3 Å². The van der Waals surface area contributed by atoms with Crippen molar-refractivity contribution >= 4 is 34.4 Å². The number of amides is 2. The molecule has 1 atom stereocenters. The van der Waals surface area contributed by atoms with Crippen LogP contribution in [0.5, 0.6) is 0 Å². The first-order valence-corrected chi connectivity index (χ1v) is 13.0. The van der Waals surface area contributed by atoms with Crippen LogP contribution < -0.4 is 4.90 Å². The van der Waals surface area contributed by atoms with Gasteiger partial charge in [0.05, 0.1) is 26.8 Å². The standard InChI is InChI=1S/C22H29F5N2O6S/c1-21(2,3)35-20(32)28-12-22(13-28,34-11-15-5-6-15)18(19(31)33-4)29(14-30)16-7-9-17(10-8-16)36(23,24,25,26)27/h7-10,14-15,18H,5-6,11-13H2,1-4H3. The van der Waals surface area contributed by atoms with Gasteiger partial charge in [0.2, 0.25) is 6.41 Å². The smallest absolute Gasteiger partial charge is 0.410 e. The van der Waals surface area contributed by atoms with Crippen molar-refractivity contribution in [1.82, 2.24) is 4.90 Å². The summed E-state index contributed by atoms with van der Waals surface area (Å²) in [5.74, 6) is -0.740. The zero-order valence-electron chi connectivity index (χ0n) is 20.2. The second-order valence-electron chi connectivity index (χ2n) is 10.1. The van der Waals surface area contributed by atoms with Gasteiger partial charge in [-0.3, -0.25) is 9.69 Å². The Labute approximate surface area is 205 Å². The third kappa shape index (κ3) is 6.38. The molecule has 8 nitrogen and oxygen atoms in total. The van der Waals surface area contributed by atoms with E-state index in [9.17, 15) is 33.8 Å². The molecular weight excluding hydrogens is 515 g/mol. The van der Waals surface area contributed by atoms with E-state index < -0.39 is 44.4 Å². The van der Waals surface area contributed by atoms with Crippen LogP contribution >= 0.6 is 10.2 Å². The van der Waals surface area contributed by atoms with Gasteiger partial charge in [-0.2, -0.15) is 0 Å². The van der Waals surface area contributed by atoms with Crippen molar-refractivity contribution < 1.29 is 48.0 Å². The third-order valence-electron chi connectivity index (χ3n) is 5.77. The molecule has 1 heterocycles. The summed E-state index contributed by atoms with van der Waals surface area (Å²) in [5, 5.41) is 0. The van der Waals surface area contributed by atoms with Crippen molar-refractivity contribution in [3.8, 4) is 0 Å². The highest BCUT2D eigenvalue weighted by Gasteiger charge is 2.65. The minimum absolute atomic E-state index is 0.146. The predicted octanol–water partition coefficient (Wildman–Crippen LogP) is 5.26. The summed E-state index contributed by atoms with van der Waals surface area (Å²) in [6.07, 6.45) is 1.27. The van der Waals surface area contributed by atoms with Gasteiger partial charge in [0.25, 0.3) is 0 Å². The first-order chi connectivity index (χ1) is 16.3. The summed E-state index contributed by atoms with van der Waals surface area (Å²) in [4.78, 5) is 37.4. The van der Waals surface area contributed by atoms with Gasteiger partial charge in [-0.1, -0.05) is 19.4 Å². The summed E-state index contributed by atoms with van der Waals surface area (Å²) < 4.78 is 82.0. The molecule has 1 saturated carbocycles. The van der Waals surface area contributed by atoms with Crippen molar-refractivity contribution in [2.24, 2.45) is 5.92 Å². The fourth-order valence-electron chi connectivity index (χ4n) is 3.81. The van der Waals surface area contributed by atoms with E-state index >= 15 is 0 Å². The van der Waals surface area contributed by atoms with Crippen molar-refractivity contribution in [3.05, 3.63) is 24.3 Å². The number of ether oxygens (including phenoxy) is 3. The summed E-state index contributed by atoms with van der Waals surface area (Å²) in [6.45, 7) is 4.87. The molecule has 0 bridgehead atoms. The van der Waals surface area contributed by atoms with Gasteiger partial charge in [0, 0.05) is 5.69 Å². The van der Waals surface area contributed by atoms with Crippen LogP contribution in [-0.2, 0) is 23.8 Å². The predicted molar refractivity (Wildman–Crippen MR) is 121 cm³/mol. The molecule has 1 aliphatic carbocycles. The number of rotatable bonds is 9. The summed E-state index contributed by atoms with van der Waals surface area (Å²) in [5.41, 5.74) is -2.53. The molecule has 2 amide bonds. The van der Waals surface area contributed by atoms with Gasteiger partial charge < -0.3 is 19.1 Å². The highest BCUT2D eigenvalue weighted by atomic mass is 32.5. The Hall–Kier alpha value is -2.61. The molecule has 2 fully saturated rings. The Bertz CT molecular complexity index is 1020. The van der Waals surface area contributed by atoms with E-state index in [1.54, 1.807) is 20.8 Å². The number of halogens is 5. The second kappa shape index (κ2) is 8.47. The van der Waals surface area contributed by atoms with Gasteiger partial charge in [-0.25, -0.2) is 9.59 Å². The van der Waals surface area contributed by atoms with E-state index in [-0.39, 0.29) is 49.8 Å². The normalized spacial score (nSPS) is 20.3. The second-order valence-corrected chi connectivity index (χ2v) is 12.5. The van der Waals surface area contributed by atoms with Crippen LogP contribution in [0, 0.1) is 5.92 Å². The number of hydrogen-bond acceptors (Lipinski definition) is 6. The van der Waals surface area contributed by atoms with E-state index in [0.717, 1.165) is 24.9 Å². The van der Waals surface area contributed by atoms with Crippen LogP contribution in [0.4, 0.5) is 29.9 Å². The Morgan fingerprint density at radius 2 is 1.69 bits per heavy atom. The number of carbonyl (C=O) groups excluding carboxylic acids is 3. The van der Waals surface area contributed by atoms with Gasteiger partial charge in [-0.05, 0) is 63.8 Å². The van der Waals surface area contributed by atoms with Crippen LogP contribution in [-0.4, -0.2) is 67.4 Å². The molecule has 14 heteroatoms. The number of benzene rings is 1. The van der Waals surface area contributed by atoms with Crippen LogP contribution in [0.25, 0.3) is 0 Å². The van der Waals surface area contributed by atoms with E-state index in [1.807, 2.05) is 0 Å². The molecule has 204 valence electrons. The molecule has 1 aliphatic heterocycles. The molecule has 0 spiro atoms. The molecule has 1 aromatic rings. The first-order valence-electron chi connectivity index (χ1n) is 11.1. The van der Waals surface area contributed by atoms with Gasteiger partial charge in [0.15, 0.2) is 6.04 Å². The number of anilines is 1. The molecule has 0 aromatic heterocycles. The maximum Gasteiger partial charge on any atom is 0.410 e. The van der Waals surface area contributed by atoms with Crippen molar-refractivity contribution in [3.63, 3.8) is 0 Å². The van der Waals surface area contributed by atoms with E-state index in [0.29, 0.717) is 12.1 Å². The Morgan fingerprint density at radius 1 is 1.14 bits per heavy atom. The van der Waals surface area contributed by atoms with E-state index in [4.69, 9.17) is 14.2 Å². The Balaban J connectivity index is 1.95. The summed E-state index contributed by atoms with van der Waals surface area (Å²) >= 11 is 0. The lowest BCUT2D eigenvalue weighted by molar-refractivity contribution is -0.177. The minimum Gasteiger partial charge on any atom is -0.467 e. The van der Waals surface area contributed by atoms with Crippen LogP contribution in [0.1, 0.15) is 33.6 Å². The number of likely N-dealkylation sites (tertiary alicyclic amines) is 1. The third-order valence-corrected chi connectivity index (χ3v) is 6.93. The lowest BCUT2D eigenvalue weighted by Crippen LogP contribution is -2.75. The molecule has 36 heavy (non-hydrogen) atoms. The minimum atomic E-state index is -9.95. The van der Waals surface area contributed by atoms with Crippen molar-refractivity contribution in [2.45, 2.75) is 55.8 Å². The molecule has 0 radical (unpaired) electrons. The largest absolute Gasteiger partial charge is 0.467 e. The zero-order chi connectivity index (χ0) is 27.2. The fraction of sp³-hybridized carbons (Fsp3) is 0.591. The molecular formula is C22H29F5N2O6S. The summed E-state index contributed by atoms with van der Waals surface area (Å²) in [7, 11) is -8.90. The van der Waals surface area contributed by atoms with Crippen LogP contribution in [0.15, 0.2) is 29.2 Å². The van der Waals surface area contributed by atoms with Crippen LogP contribution in [0.3, 0.4) is 0 Å². The fourth-order valence-corrected chi connectivity index (χ4v) is 4.46.